The Kier molecular flexibility index (Phi) is 3.49. The molecule has 23 heavy (non-hydrogen) atoms. The molecule has 3 aromatic rings. The average molecular weight is 303 g/mol. The molecule has 0 radical (unpaired) electrons. The van der Waals surface area contributed by atoms with Gasteiger partial charge in [0.1, 0.15) is 11.6 Å². The second kappa shape index (κ2) is 5.65. The predicted molar refractivity (Wildman–Crippen MR) is 94.8 cm³/mol. The summed E-state index contributed by atoms with van der Waals surface area (Å²) in [5.74, 6) is 2.33. The zero-order valence-electron chi connectivity index (χ0n) is 13.7. The Morgan fingerprint density at radius 1 is 0.913 bits per heavy atom. The molecule has 0 aliphatic carbocycles. The van der Waals surface area contributed by atoms with Gasteiger partial charge in [-0.3, -0.25) is 0 Å². The molecule has 0 spiro atoms. The maximum Gasteiger partial charge on any atom is 0.140 e. The van der Waals surface area contributed by atoms with Gasteiger partial charge in [-0.1, -0.05) is 50.2 Å². The monoisotopic (exact) mass is 303 g/mol. The van der Waals surface area contributed by atoms with Crippen LogP contribution in [-0.4, -0.2) is 16.5 Å². The van der Waals surface area contributed by atoms with E-state index in [0.29, 0.717) is 5.92 Å². The summed E-state index contributed by atoms with van der Waals surface area (Å²) < 4.78 is 0. The zero-order valence-corrected chi connectivity index (χ0v) is 13.7. The second-order valence-electron chi connectivity index (χ2n) is 6.52. The standard InChI is InChI=1S/C20H21N3/c1-14(2)19-21-18-10-6-5-9-17(18)20(22-19)23-12-11-15-7-3-4-8-16(15)13-23/h3-10,14H,11-13H2,1-2H3. The van der Waals surface area contributed by atoms with Gasteiger partial charge in [0.05, 0.1) is 5.52 Å². The van der Waals surface area contributed by atoms with E-state index in [1.165, 1.54) is 11.1 Å². The molecule has 0 amide bonds. The SMILES string of the molecule is CC(C)c1nc(N2CCc3ccccc3C2)c2ccccc2n1. The molecule has 2 aromatic carbocycles. The van der Waals surface area contributed by atoms with Crippen molar-refractivity contribution in [1.82, 2.24) is 9.97 Å². The van der Waals surface area contributed by atoms with Gasteiger partial charge in [-0.2, -0.15) is 0 Å². The lowest BCUT2D eigenvalue weighted by atomic mass is 9.99. The number of benzene rings is 2. The fraction of sp³-hybridized carbons (Fsp3) is 0.300. The van der Waals surface area contributed by atoms with Crippen molar-refractivity contribution < 1.29 is 0 Å². The second-order valence-corrected chi connectivity index (χ2v) is 6.52. The number of anilines is 1. The van der Waals surface area contributed by atoms with Crippen LogP contribution in [0.25, 0.3) is 10.9 Å². The number of fused-ring (bicyclic) bond motifs is 2. The van der Waals surface area contributed by atoms with Crippen LogP contribution >= 0.6 is 0 Å². The Hall–Kier alpha value is -2.42. The summed E-state index contributed by atoms with van der Waals surface area (Å²) >= 11 is 0. The Morgan fingerprint density at radius 2 is 1.65 bits per heavy atom. The van der Waals surface area contributed by atoms with Crippen molar-refractivity contribution in [3.05, 3.63) is 65.5 Å². The summed E-state index contributed by atoms with van der Waals surface area (Å²) in [4.78, 5) is 12.0. The first-order valence-electron chi connectivity index (χ1n) is 8.31. The van der Waals surface area contributed by atoms with Crippen LogP contribution in [0.2, 0.25) is 0 Å². The molecule has 0 saturated heterocycles. The lowest BCUT2D eigenvalue weighted by molar-refractivity contribution is 0.709. The van der Waals surface area contributed by atoms with Gasteiger partial charge in [-0.05, 0) is 29.7 Å². The third kappa shape index (κ3) is 2.56. The van der Waals surface area contributed by atoms with E-state index < -0.39 is 0 Å². The molecule has 1 aromatic heterocycles. The lowest BCUT2D eigenvalue weighted by Gasteiger charge is -2.31. The van der Waals surface area contributed by atoms with Gasteiger partial charge in [-0.25, -0.2) is 9.97 Å². The average Bonchev–Trinajstić information content (AvgIpc) is 2.60. The van der Waals surface area contributed by atoms with Crippen LogP contribution in [0.1, 0.15) is 36.7 Å². The Labute approximate surface area is 137 Å². The third-order valence-electron chi connectivity index (χ3n) is 4.55. The number of hydrogen-bond donors (Lipinski definition) is 0. The van der Waals surface area contributed by atoms with Crippen molar-refractivity contribution in [2.45, 2.75) is 32.7 Å². The molecular formula is C20H21N3. The minimum Gasteiger partial charge on any atom is -0.351 e. The highest BCUT2D eigenvalue weighted by Crippen LogP contribution is 2.30. The highest BCUT2D eigenvalue weighted by atomic mass is 15.2. The van der Waals surface area contributed by atoms with Crippen molar-refractivity contribution >= 4 is 16.7 Å². The first kappa shape index (κ1) is 14.2. The Balaban J connectivity index is 1.82. The molecule has 1 aliphatic heterocycles. The molecule has 1 aliphatic rings. The molecule has 116 valence electrons. The zero-order chi connectivity index (χ0) is 15.8. The molecule has 3 heteroatoms. The number of hydrogen-bond acceptors (Lipinski definition) is 3. The molecule has 3 nitrogen and oxygen atoms in total. The molecule has 0 saturated carbocycles. The molecule has 2 heterocycles. The van der Waals surface area contributed by atoms with Gasteiger partial charge in [0.25, 0.3) is 0 Å². The van der Waals surface area contributed by atoms with E-state index in [0.717, 1.165) is 42.1 Å². The van der Waals surface area contributed by atoms with E-state index in [-0.39, 0.29) is 0 Å². The topological polar surface area (TPSA) is 29.0 Å². The maximum absolute atomic E-state index is 4.91. The van der Waals surface area contributed by atoms with Gasteiger partial charge in [0, 0.05) is 24.4 Å². The number of rotatable bonds is 2. The van der Waals surface area contributed by atoms with Crippen LogP contribution in [0.3, 0.4) is 0 Å². The predicted octanol–water partition coefficient (Wildman–Crippen LogP) is 4.32. The van der Waals surface area contributed by atoms with Crippen molar-refractivity contribution in [3.63, 3.8) is 0 Å². The summed E-state index contributed by atoms with van der Waals surface area (Å²) in [6.45, 7) is 6.24. The molecule has 0 atom stereocenters. The van der Waals surface area contributed by atoms with E-state index in [1.807, 2.05) is 0 Å². The number of nitrogens with zero attached hydrogens (tertiary/aromatic N) is 3. The fourth-order valence-electron chi connectivity index (χ4n) is 3.25. The first-order valence-corrected chi connectivity index (χ1v) is 8.31. The first-order chi connectivity index (χ1) is 11.2. The summed E-state index contributed by atoms with van der Waals surface area (Å²) in [6.07, 6.45) is 1.07. The highest BCUT2D eigenvalue weighted by molar-refractivity contribution is 5.89. The Morgan fingerprint density at radius 3 is 2.48 bits per heavy atom. The van der Waals surface area contributed by atoms with E-state index in [4.69, 9.17) is 9.97 Å². The lowest BCUT2D eigenvalue weighted by Crippen LogP contribution is -2.31. The van der Waals surface area contributed by atoms with Crippen molar-refractivity contribution in [2.75, 3.05) is 11.4 Å². The van der Waals surface area contributed by atoms with Gasteiger partial charge >= 0.3 is 0 Å². The third-order valence-corrected chi connectivity index (χ3v) is 4.55. The summed E-state index contributed by atoms with van der Waals surface area (Å²) in [5, 5.41) is 1.15. The minimum atomic E-state index is 0.329. The van der Waals surface area contributed by atoms with Crippen LogP contribution < -0.4 is 4.90 Å². The van der Waals surface area contributed by atoms with Crippen molar-refractivity contribution in [3.8, 4) is 0 Å². The molecule has 0 unspecified atom stereocenters. The smallest absolute Gasteiger partial charge is 0.140 e. The molecule has 0 N–H and O–H groups in total. The van der Waals surface area contributed by atoms with Crippen LogP contribution in [0.5, 0.6) is 0 Å². The van der Waals surface area contributed by atoms with Crippen LogP contribution in [-0.2, 0) is 13.0 Å². The van der Waals surface area contributed by atoms with E-state index in [1.54, 1.807) is 0 Å². The highest BCUT2D eigenvalue weighted by Gasteiger charge is 2.20. The minimum absolute atomic E-state index is 0.329. The maximum atomic E-state index is 4.91. The van der Waals surface area contributed by atoms with Gasteiger partial charge in [0.2, 0.25) is 0 Å². The quantitative estimate of drug-likeness (QED) is 0.706. The molecule has 0 fully saturated rings. The van der Waals surface area contributed by atoms with E-state index in [9.17, 15) is 0 Å². The molecule has 0 bridgehead atoms. The van der Waals surface area contributed by atoms with Crippen molar-refractivity contribution in [1.29, 1.82) is 0 Å². The molecule has 4 rings (SSSR count). The Bertz CT molecular complexity index is 854. The van der Waals surface area contributed by atoms with Gasteiger partial charge in [0.15, 0.2) is 0 Å². The number of aromatic nitrogens is 2. The summed E-state index contributed by atoms with van der Waals surface area (Å²) in [7, 11) is 0. The normalized spacial score (nSPS) is 14.3. The van der Waals surface area contributed by atoms with E-state index in [2.05, 4.69) is 67.3 Å². The van der Waals surface area contributed by atoms with Gasteiger partial charge < -0.3 is 4.90 Å². The van der Waals surface area contributed by atoms with E-state index >= 15 is 0 Å². The largest absolute Gasteiger partial charge is 0.351 e. The van der Waals surface area contributed by atoms with Crippen LogP contribution in [0.15, 0.2) is 48.5 Å². The molecular weight excluding hydrogens is 282 g/mol. The van der Waals surface area contributed by atoms with Crippen LogP contribution in [0, 0.1) is 0 Å². The van der Waals surface area contributed by atoms with Crippen molar-refractivity contribution in [2.24, 2.45) is 0 Å². The van der Waals surface area contributed by atoms with Gasteiger partial charge in [-0.15, -0.1) is 0 Å². The number of para-hydroxylation sites is 1. The van der Waals surface area contributed by atoms with Crippen LogP contribution in [0.4, 0.5) is 5.82 Å². The fourth-order valence-corrected chi connectivity index (χ4v) is 3.25. The summed E-state index contributed by atoms with van der Waals surface area (Å²) in [6, 6.07) is 17.1. The summed E-state index contributed by atoms with van der Waals surface area (Å²) in [5.41, 5.74) is 3.92.